The minimum absolute atomic E-state index is 0.220. The van der Waals surface area contributed by atoms with Gasteiger partial charge in [0.1, 0.15) is 0 Å². The summed E-state index contributed by atoms with van der Waals surface area (Å²) in [6.07, 6.45) is 0. The lowest BCUT2D eigenvalue weighted by Gasteiger charge is -2.28. The molecule has 3 heteroatoms. The van der Waals surface area contributed by atoms with Gasteiger partial charge in [0.15, 0.2) is 0 Å². The van der Waals surface area contributed by atoms with Crippen LogP contribution in [-0.2, 0) is 11.3 Å². The number of halogens is 1. The van der Waals surface area contributed by atoms with Crippen LogP contribution in [0.1, 0.15) is 22.7 Å². The molecule has 1 aliphatic rings. The quantitative estimate of drug-likeness (QED) is 0.884. The van der Waals surface area contributed by atoms with Gasteiger partial charge in [-0.2, -0.15) is 0 Å². The second kappa shape index (κ2) is 5.35. The van der Waals surface area contributed by atoms with Crippen molar-refractivity contribution in [3.8, 4) is 0 Å². The molecule has 1 unspecified atom stereocenters. The topological polar surface area (TPSA) is 21.3 Å². The van der Waals surface area contributed by atoms with Crippen molar-refractivity contribution in [1.29, 1.82) is 0 Å². The Bertz CT molecular complexity index is 597. The Morgan fingerprint density at radius 3 is 2.95 bits per heavy atom. The third-order valence-electron chi connectivity index (χ3n) is 3.50. The molecule has 0 spiro atoms. The molecule has 0 radical (unpaired) electrons. The van der Waals surface area contributed by atoms with Gasteiger partial charge in [-0.15, -0.1) is 0 Å². The first-order valence-electron chi connectivity index (χ1n) is 6.42. The average molecular weight is 318 g/mol. The number of aryl methyl sites for hydroxylation is 1. The highest BCUT2D eigenvalue weighted by molar-refractivity contribution is 9.10. The van der Waals surface area contributed by atoms with Crippen molar-refractivity contribution in [3.05, 3.63) is 63.6 Å². The zero-order valence-corrected chi connectivity index (χ0v) is 12.4. The molecule has 1 N–H and O–H groups in total. The summed E-state index contributed by atoms with van der Waals surface area (Å²) in [7, 11) is 0. The summed E-state index contributed by atoms with van der Waals surface area (Å²) >= 11 is 3.52. The molecule has 98 valence electrons. The van der Waals surface area contributed by atoms with E-state index >= 15 is 0 Å². The van der Waals surface area contributed by atoms with Gasteiger partial charge in [-0.05, 0) is 35.7 Å². The molecule has 2 aromatic carbocycles. The lowest BCUT2D eigenvalue weighted by Crippen LogP contribution is -2.23. The minimum atomic E-state index is 0.220. The molecule has 0 fully saturated rings. The van der Waals surface area contributed by atoms with Gasteiger partial charge in [0.2, 0.25) is 0 Å². The fraction of sp³-hybridized carbons (Fsp3) is 0.250. The summed E-state index contributed by atoms with van der Waals surface area (Å²) in [6.45, 7) is 3.54. The number of rotatable bonds is 2. The highest BCUT2D eigenvalue weighted by Crippen LogP contribution is 2.30. The van der Waals surface area contributed by atoms with Crippen molar-refractivity contribution >= 4 is 21.6 Å². The maximum absolute atomic E-state index is 5.68. The van der Waals surface area contributed by atoms with Gasteiger partial charge in [0, 0.05) is 10.2 Å². The molecule has 2 aromatic rings. The van der Waals surface area contributed by atoms with Gasteiger partial charge < -0.3 is 10.1 Å². The van der Waals surface area contributed by atoms with E-state index in [-0.39, 0.29) is 6.04 Å². The Hall–Kier alpha value is -1.32. The van der Waals surface area contributed by atoms with Crippen molar-refractivity contribution in [2.45, 2.75) is 19.6 Å². The van der Waals surface area contributed by atoms with Crippen LogP contribution in [0.5, 0.6) is 0 Å². The van der Waals surface area contributed by atoms with Crippen molar-refractivity contribution in [2.24, 2.45) is 0 Å². The number of hydrogen-bond acceptors (Lipinski definition) is 2. The molecule has 2 nitrogen and oxygen atoms in total. The maximum atomic E-state index is 5.68. The molecular weight excluding hydrogens is 302 g/mol. The second-order valence-corrected chi connectivity index (χ2v) is 5.79. The SMILES string of the molecule is Cc1ccc(Br)cc1NC1COCc2ccccc21. The first-order chi connectivity index (χ1) is 9.24. The van der Waals surface area contributed by atoms with E-state index in [9.17, 15) is 0 Å². The van der Waals surface area contributed by atoms with Gasteiger partial charge in [0.25, 0.3) is 0 Å². The first kappa shape index (κ1) is 12.7. The number of nitrogens with one attached hydrogen (secondary N) is 1. The normalized spacial score (nSPS) is 17.9. The van der Waals surface area contributed by atoms with Crippen LogP contribution in [0.3, 0.4) is 0 Å². The van der Waals surface area contributed by atoms with Gasteiger partial charge in [-0.3, -0.25) is 0 Å². The summed E-state index contributed by atoms with van der Waals surface area (Å²) in [4.78, 5) is 0. The predicted octanol–water partition coefficient (Wildman–Crippen LogP) is 4.44. The van der Waals surface area contributed by atoms with Crippen molar-refractivity contribution in [3.63, 3.8) is 0 Å². The van der Waals surface area contributed by atoms with Gasteiger partial charge in [-0.1, -0.05) is 46.3 Å². The molecule has 0 amide bonds. The Morgan fingerprint density at radius 2 is 2.05 bits per heavy atom. The molecule has 0 aliphatic carbocycles. The fourth-order valence-corrected chi connectivity index (χ4v) is 2.80. The third kappa shape index (κ3) is 2.67. The molecule has 0 aromatic heterocycles. The molecular formula is C16H16BrNO. The molecule has 0 bridgehead atoms. The van der Waals surface area contributed by atoms with Crippen LogP contribution in [0, 0.1) is 6.92 Å². The molecule has 3 rings (SSSR count). The Morgan fingerprint density at radius 1 is 1.21 bits per heavy atom. The number of benzene rings is 2. The average Bonchev–Trinajstić information content (AvgIpc) is 2.43. The zero-order valence-electron chi connectivity index (χ0n) is 10.8. The minimum Gasteiger partial charge on any atom is -0.376 e. The van der Waals surface area contributed by atoms with Crippen molar-refractivity contribution in [2.75, 3.05) is 11.9 Å². The fourth-order valence-electron chi connectivity index (χ4n) is 2.44. The van der Waals surface area contributed by atoms with Crippen molar-refractivity contribution in [1.82, 2.24) is 0 Å². The summed E-state index contributed by atoms with van der Waals surface area (Å²) in [6, 6.07) is 15.0. The molecule has 0 saturated heterocycles. The molecule has 19 heavy (non-hydrogen) atoms. The third-order valence-corrected chi connectivity index (χ3v) is 4.00. The van der Waals surface area contributed by atoms with E-state index in [0.717, 1.165) is 10.2 Å². The van der Waals surface area contributed by atoms with Crippen LogP contribution in [0.15, 0.2) is 46.9 Å². The maximum Gasteiger partial charge on any atom is 0.0751 e. The van der Waals surface area contributed by atoms with Crippen LogP contribution in [0.2, 0.25) is 0 Å². The van der Waals surface area contributed by atoms with E-state index in [1.807, 2.05) is 0 Å². The summed E-state index contributed by atoms with van der Waals surface area (Å²) in [5.74, 6) is 0. The molecule has 1 aliphatic heterocycles. The number of ether oxygens (including phenoxy) is 1. The monoisotopic (exact) mass is 317 g/mol. The smallest absolute Gasteiger partial charge is 0.0751 e. The molecule has 0 saturated carbocycles. The van der Waals surface area contributed by atoms with Crippen LogP contribution in [-0.4, -0.2) is 6.61 Å². The van der Waals surface area contributed by atoms with Crippen LogP contribution in [0.4, 0.5) is 5.69 Å². The summed E-state index contributed by atoms with van der Waals surface area (Å²) in [5.41, 5.74) is 5.01. The van der Waals surface area contributed by atoms with E-state index in [2.05, 4.69) is 70.6 Å². The van der Waals surface area contributed by atoms with Crippen LogP contribution in [0.25, 0.3) is 0 Å². The summed E-state index contributed by atoms with van der Waals surface area (Å²) in [5, 5.41) is 3.59. The Labute approximate surface area is 121 Å². The van der Waals surface area contributed by atoms with E-state index < -0.39 is 0 Å². The van der Waals surface area contributed by atoms with E-state index in [0.29, 0.717) is 13.2 Å². The van der Waals surface area contributed by atoms with E-state index in [1.54, 1.807) is 0 Å². The first-order valence-corrected chi connectivity index (χ1v) is 7.21. The van der Waals surface area contributed by atoms with E-state index in [1.165, 1.54) is 16.7 Å². The predicted molar refractivity (Wildman–Crippen MR) is 81.3 cm³/mol. The molecule has 1 heterocycles. The molecule has 1 atom stereocenters. The number of anilines is 1. The highest BCUT2D eigenvalue weighted by atomic mass is 79.9. The summed E-state index contributed by atoms with van der Waals surface area (Å²) < 4.78 is 6.77. The van der Waals surface area contributed by atoms with Gasteiger partial charge >= 0.3 is 0 Å². The Balaban J connectivity index is 1.90. The largest absolute Gasteiger partial charge is 0.376 e. The standard InChI is InChI=1S/C16H16BrNO/c1-11-6-7-13(17)8-15(11)18-16-10-19-9-12-4-2-3-5-14(12)16/h2-8,16,18H,9-10H2,1H3. The lowest BCUT2D eigenvalue weighted by molar-refractivity contribution is 0.0970. The zero-order chi connectivity index (χ0) is 13.2. The van der Waals surface area contributed by atoms with Gasteiger partial charge in [-0.25, -0.2) is 0 Å². The number of fused-ring (bicyclic) bond motifs is 1. The second-order valence-electron chi connectivity index (χ2n) is 4.87. The van der Waals surface area contributed by atoms with Gasteiger partial charge in [0.05, 0.1) is 19.3 Å². The van der Waals surface area contributed by atoms with E-state index in [4.69, 9.17) is 4.74 Å². The Kier molecular flexibility index (Phi) is 3.58. The van der Waals surface area contributed by atoms with Crippen LogP contribution >= 0.6 is 15.9 Å². The lowest BCUT2D eigenvalue weighted by atomic mass is 9.98. The van der Waals surface area contributed by atoms with Crippen LogP contribution < -0.4 is 5.32 Å². The number of hydrogen-bond donors (Lipinski definition) is 1. The van der Waals surface area contributed by atoms with Crippen molar-refractivity contribution < 1.29 is 4.74 Å². The highest BCUT2D eigenvalue weighted by Gasteiger charge is 2.20.